The molecule has 0 spiro atoms. The van der Waals surface area contributed by atoms with E-state index in [2.05, 4.69) is 64.7 Å². The third kappa shape index (κ3) is 5.89. The fourth-order valence-corrected chi connectivity index (χ4v) is 3.87. The van der Waals surface area contributed by atoms with Crippen LogP contribution < -0.4 is 15.4 Å². The summed E-state index contributed by atoms with van der Waals surface area (Å²) in [5, 5.41) is 17.0. The SMILES string of the molecule is CCNC(=NCc1cc(OC)ccc1O)NC1CCN(C(C)c2ccccc2)CC1. The Morgan fingerprint density at radius 3 is 2.60 bits per heavy atom. The number of hydrogen-bond acceptors (Lipinski definition) is 4. The third-order valence-corrected chi connectivity index (χ3v) is 5.74. The highest BCUT2D eigenvalue weighted by Crippen LogP contribution is 2.25. The van der Waals surface area contributed by atoms with Crippen LogP contribution in [0.5, 0.6) is 11.5 Å². The second kappa shape index (κ2) is 10.9. The molecule has 0 aromatic heterocycles. The van der Waals surface area contributed by atoms with Gasteiger partial charge in [0.15, 0.2) is 5.96 Å². The van der Waals surface area contributed by atoms with E-state index in [0.29, 0.717) is 18.6 Å². The summed E-state index contributed by atoms with van der Waals surface area (Å²) in [5.41, 5.74) is 2.12. The van der Waals surface area contributed by atoms with Gasteiger partial charge in [0, 0.05) is 37.3 Å². The number of likely N-dealkylation sites (tertiary alicyclic amines) is 1. The number of methoxy groups -OCH3 is 1. The number of aromatic hydroxyl groups is 1. The van der Waals surface area contributed by atoms with Crippen molar-refractivity contribution in [3.63, 3.8) is 0 Å². The van der Waals surface area contributed by atoms with Crippen LogP contribution in [0.1, 0.15) is 43.9 Å². The van der Waals surface area contributed by atoms with Gasteiger partial charge in [-0.05, 0) is 50.5 Å². The van der Waals surface area contributed by atoms with E-state index in [4.69, 9.17) is 4.74 Å². The Balaban J connectivity index is 1.56. The molecule has 2 aromatic rings. The van der Waals surface area contributed by atoms with Gasteiger partial charge < -0.3 is 20.5 Å². The fraction of sp³-hybridized carbons (Fsp3) is 0.458. The molecule has 1 aliphatic heterocycles. The van der Waals surface area contributed by atoms with E-state index in [-0.39, 0.29) is 5.75 Å². The Hall–Kier alpha value is -2.73. The number of phenols is 1. The van der Waals surface area contributed by atoms with Crippen molar-refractivity contribution in [1.29, 1.82) is 0 Å². The number of hydrogen-bond donors (Lipinski definition) is 3. The first-order chi connectivity index (χ1) is 14.6. The van der Waals surface area contributed by atoms with E-state index in [1.54, 1.807) is 19.2 Å². The van der Waals surface area contributed by atoms with E-state index in [9.17, 15) is 5.11 Å². The van der Waals surface area contributed by atoms with Gasteiger partial charge >= 0.3 is 0 Å². The maximum absolute atomic E-state index is 10.1. The van der Waals surface area contributed by atoms with Crippen molar-refractivity contribution >= 4 is 5.96 Å². The molecule has 1 fully saturated rings. The molecule has 1 unspecified atom stereocenters. The average Bonchev–Trinajstić information content (AvgIpc) is 2.79. The van der Waals surface area contributed by atoms with Crippen LogP contribution in [0.3, 0.4) is 0 Å². The van der Waals surface area contributed by atoms with Crippen molar-refractivity contribution < 1.29 is 9.84 Å². The molecular formula is C24H34N4O2. The summed E-state index contributed by atoms with van der Waals surface area (Å²) in [6, 6.07) is 16.7. The highest BCUT2D eigenvalue weighted by molar-refractivity contribution is 5.80. The van der Waals surface area contributed by atoms with Crippen molar-refractivity contribution in [3.8, 4) is 11.5 Å². The molecule has 6 heteroatoms. The standard InChI is InChI=1S/C24H34N4O2/c1-4-25-24(26-17-20-16-22(30-3)10-11-23(20)29)27-21-12-14-28(15-13-21)18(2)19-8-6-5-7-9-19/h5-11,16,18,21,29H,4,12-15,17H2,1-3H3,(H2,25,26,27). The summed E-state index contributed by atoms with van der Waals surface area (Å²) in [5.74, 6) is 1.74. The molecule has 3 N–H and O–H groups in total. The van der Waals surface area contributed by atoms with Crippen molar-refractivity contribution in [2.45, 2.75) is 45.3 Å². The molecule has 1 heterocycles. The van der Waals surface area contributed by atoms with Crippen molar-refractivity contribution in [3.05, 3.63) is 59.7 Å². The van der Waals surface area contributed by atoms with Crippen LogP contribution in [0.4, 0.5) is 0 Å². The Labute approximate surface area is 180 Å². The number of phenolic OH excluding ortho intramolecular Hbond substituents is 1. The Bertz CT molecular complexity index is 817. The summed E-state index contributed by atoms with van der Waals surface area (Å²) in [6.45, 7) is 7.65. The highest BCUT2D eigenvalue weighted by Gasteiger charge is 2.24. The summed E-state index contributed by atoms with van der Waals surface area (Å²) in [4.78, 5) is 7.23. The maximum atomic E-state index is 10.1. The second-order valence-corrected chi connectivity index (χ2v) is 7.73. The van der Waals surface area contributed by atoms with Crippen molar-refractivity contribution in [1.82, 2.24) is 15.5 Å². The normalized spacial score (nSPS) is 16.8. The minimum atomic E-state index is 0.235. The number of guanidine groups is 1. The molecular weight excluding hydrogens is 376 g/mol. The van der Waals surface area contributed by atoms with Crippen molar-refractivity contribution in [2.75, 3.05) is 26.7 Å². The van der Waals surface area contributed by atoms with Crippen LogP contribution in [-0.2, 0) is 6.54 Å². The molecule has 0 saturated carbocycles. The summed E-state index contributed by atoms with van der Waals surface area (Å²) < 4.78 is 5.25. The minimum Gasteiger partial charge on any atom is -0.508 e. The van der Waals surface area contributed by atoms with Crippen molar-refractivity contribution in [2.24, 2.45) is 4.99 Å². The quantitative estimate of drug-likeness (QED) is 0.480. The zero-order valence-electron chi connectivity index (χ0n) is 18.3. The van der Waals surface area contributed by atoms with Crippen LogP contribution in [0.15, 0.2) is 53.5 Å². The minimum absolute atomic E-state index is 0.235. The van der Waals surface area contributed by atoms with Gasteiger partial charge in [0.05, 0.1) is 13.7 Å². The van der Waals surface area contributed by atoms with Gasteiger partial charge in [0.2, 0.25) is 0 Å². The molecule has 1 saturated heterocycles. The van der Waals surface area contributed by atoms with Crippen LogP contribution in [-0.4, -0.2) is 48.8 Å². The molecule has 1 aliphatic rings. The topological polar surface area (TPSA) is 69.1 Å². The van der Waals surface area contributed by atoms with E-state index in [1.807, 2.05) is 6.07 Å². The number of nitrogens with zero attached hydrogens (tertiary/aromatic N) is 2. The lowest BCUT2D eigenvalue weighted by Crippen LogP contribution is -2.49. The molecule has 0 radical (unpaired) electrons. The molecule has 1 atom stereocenters. The highest BCUT2D eigenvalue weighted by atomic mass is 16.5. The lowest BCUT2D eigenvalue weighted by molar-refractivity contribution is 0.158. The average molecular weight is 411 g/mol. The van der Waals surface area contributed by atoms with E-state index in [0.717, 1.165) is 49.7 Å². The molecule has 30 heavy (non-hydrogen) atoms. The lowest BCUT2D eigenvalue weighted by Gasteiger charge is -2.37. The zero-order chi connectivity index (χ0) is 21.3. The Morgan fingerprint density at radius 2 is 1.93 bits per heavy atom. The molecule has 162 valence electrons. The predicted molar refractivity (Wildman–Crippen MR) is 122 cm³/mol. The smallest absolute Gasteiger partial charge is 0.191 e. The van der Waals surface area contributed by atoms with Gasteiger partial charge in [-0.3, -0.25) is 4.90 Å². The third-order valence-electron chi connectivity index (χ3n) is 5.74. The van der Waals surface area contributed by atoms with Crippen LogP contribution in [0, 0.1) is 0 Å². The number of benzene rings is 2. The second-order valence-electron chi connectivity index (χ2n) is 7.73. The van der Waals surface area contributed by atoms with Gasteiger partial charge in [-0.25, -0.2) is 4.99 Å². The van der Waals surface area contributed by atoms with Crippen LogP contribution >= 0.6 is 0 Å². The number of ether oxygens (including phenoxy) is 1. The first-order valence-corrected chi connectivity index (χ1v) is 10.8. The first-order valence-electron chi connectivity index (χ1n) is 10.8. The summed E-state index contributed by atoms with van der Waals surface area (Å²) in [7, 11) is 1.62. The molecule has 0 amide bonds. The number of rotatable bonds is 7. The van der Waals surface area contributed by atoms with E-state index < -0.39 is 0 Å². The molecule has 6 nitrogen and oxygen atoms in total. The van der Waals surface area contributed by atoms with Gasteiger partial charge in [-0.15, -0.1) is 0 Å². The predicted octanol–water partition coefficient (Wildman–Crippen LogP) is 3.68. The van der Waals surface area contributed by atoms with Gasteiger partial charge in [-0.1, -0.05) is 30.3 Å². The lowest BCUT2D eigenvalue weighted by atomic mass is 10.0. The Kier molecular flexibility index (Phi) is 7.97. The molecule has 0 aliphatic carbocycles. The van der Waals surface area contributed by atoms with Crippen LogP contribution in [0.2, 0.25) is 0 Å². The van der Waals surface area contributed by atoms with Gasteiger partial charge in [0.1, 0.15) is 11.5 Å². The number of aliphatic imine (C=N–C) groups is 1. The molecule has 0 bridgehead atoms. The van der Waals surface area contributed by atoms with Gasteiger partial charge in [-0.2, -0.15) is 0 Å². The van der Waals surface area contributed by atoms with E-state index in [1.165, 1.54) is 5.56 Å². The fourth-order valence-electron chi connectivity index (χ4n) is 3.87. The van der Waals surface area contributed by atoms with Gasteiger partial charge in [0.25, 0.3) is 0 Å². The Morgan fingerprint density at radius 1 is 1.20 bits per heavy atom. The number of piperidine rings is 1. The number of nitrogens with one attached hydrogen (secondary N) is 2. The maximum Gasteiger partial charge on any atom is 0.191 e. The molecule has 2 aromatic carbocycles. The first kappa shape index (κ1) is 22.0. The van der Waals surface area contributed by atoms with Crippen LogP contribution in [0.25, 0.3) is 0 Å². The zero-order valence-corrected chi connectivity index (χ0v) is 18.3. The largest absolute Gasteiger partial charge is 0.508 e. The molecule has 3 rings (SSSR count). The van der Waals surface area contributed by atoms with E-state index >= 15 is 0 Å². The summed E-state index contributed by atoms with van der Waals surface area (Å²) >= 11 is 0. The monoisotopic (exact) mass is 410 g/mol. The summed E-state index contributed by atoms with van der Waals surface area (Å²) in [6.07, 6.45) is 2.15.